The number of amides is 2. The molecule has 4 rings (SSSR count). The third-order valence-corrected chi connectivity index (χ3v) is 7.00. The summed E-state index contributed by atoms with van der Waals surface area (Å²) in [4.78, 5) is 29.6. The fourth-order valence-corrected chi connectivity index (χ4v) is 5.13. The number of carbonyl (C=O) groups is 2. The van der Waals surface area contributed by atoms with Crippen LogP contribution < -0.4 is 5.32 Å². The summed E-state index contributed by atoms with van der Waals surface area (Å²) >= 11 is 0. The van der Waals surface area contributed by atoms with Gasteiger partial charge in [-0.2, -0.15) is 0 Å². The molecule has 3 fully saturated rings. The highest BCUT2D eigenvalue weighted by atomic mass is 16.2. The molecule has 0 saturated carbocycles. The second-order valence-corrected chi connectivity index (χ2v) is 8.72. The number of benzene rings is 1. The molecule has 28 heavy (non-hydrogen) atoms. The molecule has 2 amide bonds. The van der Waals surface area contributed by atoms with Crippen molar-refractivity contribution in [2.45, 2.75) is 38.5 Å². The van der Waals surface area contributed by atoms with E-state index >= 15 is 0 Å². The quantitative estimate of drug-likeness (QED) is 0.868. The molecule has 3 aliphatic rings. The Morgan fingerprint density at radius 2 is 1.46 bits per heavy atom. The Kier molecular flexibility index (Phi) is 6.30. The first kappa shape index (κ1) is 19.4. The first-order valence-corrected chi connectivity index (χ1v) is 11.0. The van der Waals surface area contributed by atoms with Gasteiger partial charge in [0.15, 0.2) is 0 Å². The molecule has 0 aliphatic carbocycles. The van der Waals surface area contributed by atoms with Crippen LogP contribution in [0.4, 0.5) is 0 Å². The summed E-state index contributed by atoms with van der Waals surface area (Å²) in [6.45, 7) is 5.53. The van der Waals surface area contributed by atoms with Gasteiger partial charge in [0, 0.05) is 38.5 Å². The molecule has 3 aliphatic heterocycles. The van der Waals surface area contributed by atoms with Crippen molar-refractivity contribution in [3.63, 3.8) is 0 Å². The molecule has 1 aromatic carbocycles. The summed E-state index contributed by atoms with van der Waals surface area (Å²) in [5, 5.41) is 3.49. The van der Waals surface area contributed by atoms with E-state index in [4.69, 9.17) is 0 Å². The zero-order valence-electron chi connectivity index (χ0n) is 16.8. The maximum absolute atomic E-state index is 13.0. The van der Waals surface area contributed by atoms with Crippen LogP contribution in [0.3, 0.4) is 0 Å². The first-order valence-electron chi connectivity index (χ1n) is 11.0. The Labute approximate surface area is 168 Å². The van der Waals surface area contributed by atoms with Gasteiger partial charge in [0.1, 0.15) is 0 Å². The van der Waals surface area contributed by atoms with Crippen molar-refractivity contribution >= 4 is 11.8 Å². The van der Waals surface area contributed by atoms with Gasteiger partial charge >= 0.3 is 0 Å². The predicted octanol–water partition coefficient (Wildman–Crippen LogP) is 2.32. The third-order valence-electron chi connectivity index (χ3n) is 7.00. The second kappa shape index (κ2) is 9.08. The molecular weight excluding hydrogens is 350 g/mol. The minimum absolute atomic E-state index is 0.106. The van der Waals surface area contributed by atoms with Gasteiger partial charge < -0.3 is 15.1 Å². The van der Waals surface area contributed by atoms with Crippen LogP contribution in [0.1, 0.15) is 37.7 Å². The topological polar surface area (TPSA) is 52.7 Å². The summed E-state index contributed by atoms with van der Waals surface area (Å²) in [6, 6.07) is 10.2. The average Bonchev–Trinajstić information content (AvgIpc) is 3.10. The van der Waals surface area contributed by atoms with E-state index in [1.165, 1.54) is 5.56 Å². The van der Waals surface area contributed by atoms with E-state index in [0.717, 1.165) is 83.2 Å². The first-order chi connectivity index (χ1) is 13.7. The lowest BCUT2D eigenvalue weighted by molar-refractivity contribution is -0.140. The number of rotatable bonds is 4. The van der Waals surface area contributed by atoms with E-state index in [1.54, 1.807) is 0 Å². The molecule has 0 bridgehead atoms. The molecule has 5 heteroatoms. The molecule has 1 N–H and O–H groups in total. The Morgan fingerprint density at radius 3 is 2.11 bits per heavy atom. The van der Waals surface area contributed by atoms with Crippen molar-refractivity contribution in [1.29, 1.82) is 0 Å². The Bertz CT molecular complexity index is 656. The van der Waals surface area contributed by atoms with E-state index in [2.05, 4.69) is 22.3 Å². The van der Waals surface area contributed by atoms with Crippen molar-refractivity contribution < 1.29 is 9.59 Å². The van der Waals surface area contributed by atoms with E-state index in [0.29, 0.717) is 12.3 Å². The molecule has 0 unspecified atom stereocenters. The average molecular weight is 384 g/mol. The zero-order chi connectivity index (χ0) is 19.3. The number of carbonyl (C=O) groups excluding carboxylic acids is 2. The van der Waals surface area contributed by atoms with Crippen molar-refractivity contribution in [3.05, 3.63) is 35.9 Å². The fraction of sp³-hybridized carbons (Fsp3) is 0.652. The molecule has 3 saturated heterocycles. The number of hydrogen-bond acceptors (Lipinski definition) is 3. The maximum atomic E-state index is 13.0. The monoisotopic (exact) mass is 383 g/mol. The number of likely N-dealkylation sites (tertiary alicyclic amines) is 2. The number of piperidine rings is 1. The molecule has 3 heterocycles. The molecular formula is C23H33N3O2. The highest BCUT2D eigenvalue weighted by Crippen LogP contribution is 2.29. The van der Waals surface area contributed by atoms with Gasteiger partial charge in [-0.25, -0.2) is 0 Å². The van der Waals surface area contributed by atoms with Crippen LogP contribution in [0.15, 0.2) is 30.3 Å². The minimum Gasteiger partial charge on any atom is -0.343 e. The number of nitrogens with zero attached hydrogens (tertiary/aromatic N) is 2. The molecule has 1 aromatic rings. The van der Waals surface area contributed by atoms with E-state index in [-0.39, 0.29) is 11.8 Å². The standard InChI is InChI=1S/C23H33N3O2/c27-22(7-6-18-4-2-1-3-5-18)25-12-8-19(9-13-25)23(28)26-14-10-20-16-24-17-21(20)11-15-26/h1-5,19-21,24H,6-17H2/t20-,21+. The summed E-state index contributed by atoms with van der Waals surface area (Å²) in [7, 11) is 0. The molecule has 5 nitrogen and oxygen atoms in total. The molecule has 0 spiro atoms. The number of fused-ring (bicyclic) bond motifs is 1. The Balaban J connectivity index is 1.22. The maximum Gasteiger partial charge on any atom is 0.225 e. The smallest absolute Gasteiger partial charge is 0.225 e. The van der Waals surface area contributed by atoms with Crippen LogP contribution in [0, 0.1) is 17.8 Å². The lowest BCUT2D eigenvalue weighted by Crippen LogP contribution is -2.44. The van der Waals surface area contributed by atoms with Gasteiger partial charge in [0.2, 0.25) is 11.8 Å². The number of hydrogen-bond donors (Lipinski definition) is 1. The van der Waals surface area contributed by atoms with Crippen LogP contribution in [0.2, 0.25) is 0 Å². The third kappa shape index (κ3) is 4.57. The van der Waals surface area contributed by atoms with E-state index in [9.17, 15) is 9.59 Å². The summed E-state index contributed by atoms with van der Waals surface area (Å²) < 4.78 is 0. The molecule has 152 valence electrons. The van der Waals surface area contributed by atoms with Gasteiger partial charge in [-0.1, -0.05) is 30.3 Å². The fourth-order valence-electron chi connectivity index (χ4n) is 5.13. The van der Waals surface area contributed by atoms with E-state index < -0.39 is 0 Å². The largest absolute Gasteiger partial charge is 0.343 e. The number of nitrogens with one attached hydrogen (secondary N) is 1. The lowest BCUT2D eigenvalue weighted by Gasteiger charge is -2.34. The van der Waals surface area contributed by atoms with Crippen molar-refractivity contribution in [2.24, 2.45) is 17.8 Å². The highest BCUT2D eigenvalue weighted by Gasteiger charge is 2.34. The zero-order valence-corrected chi connectivity index (χ0v) is 16.8. The van der Waals surface area contributed by atoms with Gasteiger partial charge in [-0.05, 0) is 62.6 Å². The van der Waals surface area contributed by atoms with E-state index in [1.807, 2.05) is 23.1 Å². The molecule has 0 aromatic heterocycles. The van der Waals surface area contributed by atoms with Gasteiger partial charge in [-0.15, -0.1) is 0 Å². The van der Waals surface area contributed by atoms with Crippen molar-refractivity contribution in [3.8, 4) is 0 Å². The van der Waals surface area contributed by atoms with Crippen molar-refractivity contribution in [2.75, 3.05) is 39.3 Å². The predicted molar refractivity (Wildman–Crippen MR) is 110 cm³/mol. The highest BCUT2D eigenvalue weighted by molar-refractivity contribution is 5.80. The van der Waals surface area contributed by atoms with Gasteiger partial charge in [0.05, 0.1) is 0 Å². The molecule has 0 radical (unpaired) electrons. The van der Waals surface area contributed by atoms with Crippen LogP contribution in [0.25, 0.3) is 0 Å². The SMILES string of the molecule is O=C(CCc1ccccc1)N1CCC(C(=O)N2CC[C@@H]3CNC[C@@H]3CC2)CC1. The summed E-state index contributed by atoms with van der Waals surface area (Å²) in [5.74, 6) is 2.17. The number of aryl methyl sites for hydroxylation is 1. The van der Waals surface area contributed by atoms with Gasteiger partial charge in [-0.3, -0.25) is 9.59 Å². The lowest BCUT2D eigenvalue weighted by atomic mass is 9.92. The second-order valence-electron chi connectivity index (χ2n) is 8.72. The normalized spacial score (nSPS) is 26.0. The van der Waals surface area contributed by atoms with Crippen LogP contribution in [-0.4, -0.2) is 60.9 Å². The summed E-state index contributed by atoms with van der Waals surface area (Å²) in [5.41, 5.74) is 1.21. The van der Waals surface area contributed by atoms with Crippen LogP contribution in [-0.2, 0) is 16.0 Å². The van der Waals surface area contributed by atoms with Crippen LogP contribution in [0.5, 0.6) is 0 Å². The van der Waals surface area contributed by atoms with Gasteiger partial charge in [0.25, 0.3) is 0 Å². The minimum atomic E-state index is 0.106. The Morgan fingerprint density at radius 1 is 0.857 bits per heavy atom. The summed E-state index contributed by atoms with van der Waals surface area (Å²) in [6.07, 6.45) is 5.27. The molecule has 2 atom stereocenters. The van der Waals surface area contributed by atoms with Crippen LogP contribution >= 0.6 is 0 Å². The van der Waals surface area contributed by atoms with Crippen molar-refractivity contribution in [1.82, 2.24) is 15.1 Å². The Hall–Kier alpha value is -1.88.